The summed E-state index contributed by atoms with van der Waals surface area (Å²) in [5.74, 6) is 0. The molecule has 0 spiro atoms. The Morgan fingerprint density at radius 1 is 1.00 bits per heavy atom. The zero-order valence-corrected chi connectivity index (χ0v) is 15.8. The van der Waals surface area contributed by atoms with Gasteiger partial charge in [0.1, 0.15) is 0 Å². The molecule has 0 aliphatic rings. The second kappa shape index (κ2) is 16.2. The third-order valence-electron chi connectivity index (χ3n) is 0. The van der Waals surface area contributed by atoms with Crippen molar-refractivity contribution >= 4 is 100 Å². The van der Waals surface area contributed by atoms with E-state index in [1.54, 1.807) is 0 Å². The predicted molar refractivity (Wildman–Crippen MR) is 35.6 cm³/mol. The summed E-state index contributed by atoms with van der Waals surface area (Å²) in [6, 6.07) is 0. The summed E-state index contributed by atoms with van der Waals surface area (Å²) in [6.07, 6.45) is 0. The summed E-state index contributed by atoms with van der Waals surface area (Å²) in [4.78, 5) is 0. The first-order valence-corrected chi connectivity index (χ1v) is 0. The molecule has 0 N–H and O–H groups in total. The third kappa shape index (κ3) is 9.03. The van der Waals surface area contributed by atoms with E-state index >= 15 is 0 Å². The van der Waals surface area contributed by atoms with Gasteiger partial charge < -0.3 is 0 Å². The summed E-state index contributed by atoms with van der Waals surface area (Å²) in [5.41, 5.74) is 0. The van der Waals surface area contributed by atoms with E-state index in [-0.39, 0.29) is 100 Å². The molecule has 0 saturated heterocycles. The number of hydrogen-bond acceptors (Lipinski definition) is 0. The Morgan fingerprint density at radius 3 is 1.00 bits per heavy atom. The van der Waals surface area contributed by atoms with E-state index in [0.29, 0.717) is 0 Å². The fourth-order valence-electron chi connectivity index (χ4n) is 0. The Kier molecular flexibility index (Phi) is 107. The molecule has 0 fully saturated rings. The molecular weight excluding hydrogens is 568 g/mol. The second-order valence-electron chi connectivity index (χ2n) is 0. The van der Waals surface area contributed by atoms with Crippen molar-refractivity contribution in [2.45, 2.75) is 0 Å². The van der Waals surface area contributed by atoms with Gasteiger partial charge in [0, 0.05) is 0 Å². The summed E-state index contributed by atoms with van der Waals surface area (Å²) < 4.78 is 0. The van der Waals surface area contributed by atoms with E-state index in [1.807, 2.05) is 0 Å². The van der Waals surface area contributed by atoms with E-state index in [9.17, 15) is 0 Å². The van der Waals surface area contributed by atoms with Crippen molar-refractivity contribution in [3.8, 4) is 0 Å². The van der Waals surface area contributed by atoms with Crippen LogP contribution in [0.25, 0.3) is 0 Å². The van der Waals surface area contributed by atoms with Crippen LogP contribution in [0.4, 0.5) is 0 Å². The Bertz CT molecular complexity index is 8.00. The molecule has 0 aromatic heterocycles. The monoisotopic (exact) mass is 580 g/mol. The number of rotatable bonds is 0. The van der Waals surface area contributed by atoms with Crippen molar-refractivity contribution in [2.24, 2.45) is 0 Å². The normalized spacial score (nSPS) is 0. The molecule has 0 heterocycles. The molecule has 4 heavy (non-hydrogen) atoms. The zero-order valence-electron chi connectivity index (χ0n) is 1.91. The van der Waals surface area contributed by atoms with E-state index in [0.717, 1.165) is 0 Å². The molecule has 0 unspecified atom stereocenters. The van der Waals surface area contributed by atoms with Crippen LogP contribution < -0.4 is 0 Å². The van der Waals surface area contributed by atoms with E-state index in [4.69, 9.17) is 0 Å². The fourth-order valence-corrected chi connectivity index (χ4v) is 0. The van der Waals surface area contributed by atoms with Crippen molar-refractivity contribution in [3.05, 3.63) is 0 Å². The Balaban J connectivity index is 0. The summed E-state index contributed by atoms with van der Waals surface area (Å²) in [5, 5.41) is 0. The summed E-state index contributed by atoms with van der Waals surface area (Å²) >= 11 is 0. The van der Waals surface area contributed by atoms with Gasteiger partial charge in [-0.2, -0.15) is 0 Å². The van der Waals surface area contributed by atoms with Gasteiger partial charge in [-0.3, -0.25) is 0 Å². The van der Waals surface area contributed by atoms with Crippen LogP contribution in [-0.4, -0.2) is 100 Å². The topological polar surface area (TPSA) is 0 Å². The molecule has 0 atom stereocenters. The molecule has 2 radical (unpaired) electrons. The number of hydrogen-bond donors (Lipinski definition) is 0. The Hall–Kier alpha value is 3.36. The third-order valence-corrected chi connectivity index (χ3v) is 0. The molecule has 0 aromatic carbocycles. The fraction of sp³-hybridized carbons (Fsp3) is 0. The first-order chi connectivity index (χ1) is 0. The first kappa shape index (κ1) is 26.4. The first-order valence-electron chi connectivity index (χ1n) is 0. The Morgan fingerprint density at radius 2 is 1.00 bits per heavy atom. The van der Waals surface area contributed by atoms with Gasteiger partial charge in [-0.15, -0.1) is 0 Å². The maximum atomic E-state index is 0. The molecular formula is H9BiMgPbTe. The molecule has 0 saturated carbocycles. The van der Waals surface area contributed by atoms with Crippen molar-refractivity contribution < 1.29 is 0 Å². The van der Waals surface area contributed by atoms with Gasteiger partial charge >= 0.3 is 100 Å². The van der Waals surface area contributed by atoms with Crippen LogP contribution in [0.5, 0.6) is 0 Å². The zero-order chi connectivity index (χ0) is 0. The average Bonchev–Trinajstić information content (AvgIpc) is 0. The van der Waals surface area contributed by atoms with Crippen molar-refractivity contribution in [1.82, 2.24) is 0 Å². The van der Waals surface area contributed by atoms with Crippen molar-refractivity contribution in [1.29, 1.82) is 0 Å². The van der Waals surface area contributed by atoms with E-state index < -0.39 is 0 Å². The standard InChI is InChI=1S/Bi.Mg.Pb.H2Te.7H/h;;;1H2;;;;;;;. The SMILES string of the molecule is [BiH3].[MgH2].[PbH2].[TeH2]. The molecule has 0 bridgehead atoms. The van der Waals surface area contributed by atoms with Crippen LogP contribution in [0.15, 0.2) is 0 Å². The van der Waals surface area contributed by atoms with Crippen LogP contribution in [-0.2, 0) is 0 Å². The molecule has 0 amide bonds. The maximum absolute atomic E-state index is 0. The molecule has 0 nitrogen and oxygen atoms in total. The van der Waals surface area contributed by atoms with Crippen molar-refractivity contribution in [2.75, 3.05) is 0 Å². The van der Waals surface area contributed by atoms with E-state index in [2.05, 4.69) is 0 Å². The van der Waals surface area contributed by atoms with Gasteiger partial charge in [-0.25, -0.2) is 0 Å². The molecule has 26 valence electrons. The average molecular weight is 577 g/mol. The second-order valence-corrected chi connectivity index (χ2v) is 0. The van der Waals surface area contributed by atoms with E-state index in [1.165, 1.54) is 0 Å². The summed E-state index contributed by atoms with van der Waals surface area (Å²) in [7, 11) is 0. The predicted octanol–water partition coefficient (Wildman–Crippen LogP) is -3.93. The molecule has 0 aromatic rings. The van der Waals surface area contributed by atoms with Gasteiger partial charge in [0.2, 0.25) is 0 Å². The van der Waals surface area contributed by atoms with Gasteiger partial charge in [0.05, 0.1) is 0 Å². The minimum atomic E-state index is 0. The van der Waals surface area contributed by atoms with Gasteiger partial charge in [0.15, 0.2) is 0 Å². The van der Waals surface area contributed by atoms with Gasteiger partial charge in [-0.1, -0.05) is 0 Å². The van der Waals surface area contributed by atoms with Gasteiger partial charge in [-0.05, 0) is 0 Å². The minimum absolute atomic E-state index is 0. The molecule has 0 aliphatic carbocycles. The van der Waals surface area contributed by atoms with Gasteiger partial charge in [0.25, 0.3) is 0 Å². The van der Waals surface area contributed by atoms with Crippen molar-refractivity contribution in [3.63, 3.8) is 0 Å². The van der Waals surface area contributed by atoms with Crippen LogP contribution in [0.3, 0.4) is 0 Å². The van der Waals surface area contributed by atoms with Crippen LogP contribution in [0.2, 0.25) is 0 Å². The molecule has 0 aliphatic heterocycles. The van der Waals surface area contributed by atoms with Crippen LogP contribution in [0, 0.1) is 0 Å². The van der Waals surface area contributed by atoms with Crippen LogP contribution >= 0.6 is 0 Å². The summed E-state index contributed by atoms with van der Waals surface area (Å²) in [6.45, 7) is 0. The quantitative estimate of drug-likeness (QED) is 0.259. The Labute approximate surface area is 98.0 Å². The van der Waals surface area contributed by atoms with Crippen LogP contribution in [0.1, 0.15) is 0 Å². The molecule has 4 heteroatoms. The molecule has 0 rings (SSSR count).